The summed E-state index contributed by atoms with van der Waals surface area (Å²) in [6.07, 6.45) is 4.85. The van der Waals surface area contributed by atoms with E-state index >= 15 is 0 Å². The smallest absolute Gasteiger partial charge is 0.218 e. The molecule has 2 rings (SSSR count). The predicted molar refractivity (Wildman–Crippen MR) is 74.5 cm³/mol. The van der Waals surface area contributed by atoms with Gasteiger partial charge in [0.1, 0.15) is 17.7 Å². The quantitative estimate of drug-likeness (QED) is 0.817. The molecule has 0 unspecified atom stereocenters. The molecule has 0 aliphatic rings. The molecule has 2 heterocycles. The maximum atomic E-state index is 10.4. The van der Waals surface area contributed by atoms with Crippen LogP contribution >= 0.6 is 0 Å². The highest BCUT2D eigenvalue weighted by Crippen LogP contribution is 2.20. The zero-order chi connectivity index (χ0) is 14.6. The monoisotopic (exact) mass is 277 g/mol. The van der Waals surface area contributed by atoms with Crippen LogP contribution in [-0.2, 0) is 12.6 Å². The van der Waals surface area contributed by atoms with Crippen molar-refractivity contribution in [2.24, 2.45) is 7.05 Å². The van der Waals surface area contributed by atoms with Gasteiger partial charge >= 0.3 is 0 Å². The Labute approximate surface area is 117 Å². The molecule has 2 N–H and O–H groups in total. The van der Waals surface area contributed by atoms with Crippen molar-refractivity contribution in [2.75, 3.05) is 18.5 Å². The predicted octanol–water partition coefficient (Wildman–Crippen LogP) is 0.928. The lowest BCUT2D eigenvalue weighted by Gasteiger charge is -2.22. The summed E-state index contributed by atoms with van der Waals surface area (Å²) in [4.78, 5) is 8.08. The van der Waals surface area contributed by atoms with E-state index in [9.17, 15) is 5.11 Å². The van der Waals surface area contributed by atoms with Crippen molar-refractivity contribution in [2.45, 2.75) is 19.4 Å². The molecule has 20 heavy (non-hydrogen) atoms. The van der Waals surface area contributed by atoms with E-state index in [-0.39, 0.29) is 0 Å². The van der Waals surface area contributed by atoms with Gasteiger partial charge in [-0.05, 0) is 13.8 Å². The highest BCUT2D eigenvalue weighted by Gasteiger charge is 2.24. The van der Waals surface area contributed by atoms with Crippen molar-refractivity contribution in [1.82, 2.24) is 19.7 Å². The molecule has 0 saturated heterocycles. The Kier molecular flexibility index (Phi) is 4.19. The van der Waals surface area contributed by atoms with Crippen LogP contribution in [0.25, 0.3) is 0 Å². The topological polar surface area (TPSA) is 85.1 Å². The fourth-order valence-corrected chi connectivity index (χ4v) is 1.73. The standard InChI is InChI=1S/C13H19N5O2/c1-4-20-12-5-11(15-9-16-12)14-8-13(2,19)10-6-17-18(3)7-10/h5-7,9,19H,4,8H2,1-3H3,(H,14,15,16)/t13-/m1/s1. The van der Waals surface area contributed by atoms with E-state index in [0.29, 0.717) is 24.8 Å². The minimum Gasteiger partial charge on any atom is -0.478 e. The van der Waals surface area contributed by atoms with Gasteiger partial charge in [-0.3, -0.25) is 4.68 Å². The summed E-state index contributed by atoms with van der Waals surface area (Å²) in [5.74, 6) is 1.11. The second-order valence-electron chi connectivity index (χ2n) is 4.70. The molecule has 0 aromatic carbocycles. The molecule has 7 nitrogen and oxygen atoms in total. The molecule has 0 spiro atoms. The molecule has 108 valence electrons. The minimum atomic E-state index is -1.04. The first-order valence-corrected chi connectivity index (χ1v) is 6.41. The zero-order valence-corrected chi connectivity index (χ0v) is 11.9. The fraction of sp³-hybridized carbons (Fsp3) is 0.462. The Hall–Kier alpha value is -2.15. The summed E-state index contributed by atoms with van der Waals surface area (Å²) >= 11 is 0. The normalized spacial score (nSPS) is 13.8. The number of rotatable bonds is 6. The van der Waals surface area contributed by atoms with Gasteiger partial charge in [-0.2, -0.15) is 5.10 Å². The summed E-state index contributed by atoms with van der Waals surface area (Å²) in [5.41, 5.74) is -0.295. The number of ether oxygens (including phenoxy) is 1. The van der Waals surface area contributed by atoms with Gasteiger partial charge in [0.25, 0.3) is 0 Å². The summed E-state index contributed by atoms with van der Waals surface area (Å²) in [6.45, 7) is 4.47. The van der Waals surface area contributed by atoms with Gasteiger partial charge in [0.15, 0.2) is 0 Å². The van der Waals surface area contributed by atoms with E-state index in [4.69, 9.17) is 4.74 Å². The SMILES string of the molecule is CCOc1cc(NC[C@@](C)(O)c2cnn(C)c2)ncn1. The van der Waals surface area contributed by atoms with Crippen molar-refractivity contribution in [3.63, 3.8) is 0 Å². The van der Waals surface area contributed by atoms with Gasteiger partial charge in [0.05, 0.1) is 12.8 Å². The lowest BCUT2D eigenvalue weighted by atomic mass is 10.00. The molecule has 0 fully saturated rings. The highest BCUT2D eigenvalue weighted by atomic mass is 16.5. The summed E-state index contributed by atoms with van der Waals surface area (Å²) in [6, 6.07) is 1.70. The summed E-state index contributed by atoms with van der Waals surface area (Å²) in [5, 5.41) is 17.6. The van der Waals surface area contributed by atoms with Gasteiger partial charge in [0, 0.05) is 31.4 Å². The Morgan fingerprint density at radius 2 is 2.25 bits per heavy atom. The van der Waals surface area contributed by atoms with E-state index in [1.54, 1.807) is 30.1 Å². The first-order valence-electron chi connectivity index (χ1n) is 6.41. The van der Waals surface area contributed by atoms with Crippen LogP contribution in [-0.4, -0.2) is 38.0 Å². The van der Waals surface area contributed by atoms with Crippen LogP contribution in [0.2, 0.25) is 0 Å². The fourth-order valence-electron chi connectivity index (χ4n) is 1.73. The summed E-state index contributed by atoms with van der Waals surface area (Å²) in [7, 11) is 1.81. The van der Waals surface area contributed by atoms with Crippen LogP contribution < -0.4 is 10.1 Å². The molecule has 2 aromatic rings. The molecule has 0 saturated carbocycles. The van der Waals surface area contributed by atoms with Gasteiger partial charge in [-0.15, -0.1) is 0 Å². The average molecular weight is 277 g/mol. The van der Waals surface area contributed by atoms with Crippen LogP contribution in [0.5, 0.6) is 5.88 Å². The maximum Gasteiger partial charge on any atom is 0.218 e. The van der Waals surface area contributed by atoms with E-state index in [0.717, 1.165) is 5.56 Å². The molecule has 2 aromatic heterocycles. The number of nitrogens with one attached hydrogen (secondary N) is 1. The molecule has 0 aliphatic heterocycles. The molecule has 0 amide bonds. The van der Waals surface area contributed by atoms with Crippen molar-refractivity contribution < 1.29 is 9.84 Å². The van der Waals surface area contributed by atoms with Gasteiger partial charge in [0.2, 0.25) is 5.88 Å². The number of aromatic nitrogens is 4. The first-order chi connectivity index (χ1) is 9.51. The third kappa shape index (κ3) is 3.45. The number of hydrogen-bond donors (Lipinski definition) is 2. The van der Waals surface area contributed by atoms with E-state index in [1.807, 2.05) is 14.0 Å². The Bertz CT molecular complexity index is 567. The zero-order valence-electron chi connectivity index (χ0n) is 11.9. The van der Waals surface area contributed by atoms with Gasteiger partial charge < -0.3 is 15.2 Å². The van der Waals surface area contributed by atoms with Crippen molar-refractivity contribution in [3.8, 4) is 5.88 Å². The van der Waals surface area contributed by atoms with Crippen molar-refractivity contribution in [3.05, 3.63) is 30.4 Å². The van der Waals surface area contributed by atoms with Crippen LogP contribution in [0.4, 0.5) is 5.82 Å². The number of hydrogen-bond acceptors (Lipinski definition) is 6. The minimum absolute atomic E-state index is 0.307. The Morgan fingerprint density at radius 1 is 1.45 bits per heavy atom. The van der Waals surface area contributed by atoms with Crippen molar-refractivity contribution in [1.29, 1.82) is 0 Å². The van der Waals surface area contributed by atoms with E-state index in [1.165, 1.54) is 6.33 Å². The van der Waals surface area contributed by atoms with E-state index < -0.39 is 5.60 Å². The Morgan fingerprint density at radius 3 is 2.90 bits per heavy atom. The number of aryl methyl sites for hydroxylation is 1. The third-order valence-electron chi connectivity index (χ3n) is 2.87. The molecule has 0 radical (unpaired) electrons. The number of anilines is 1. The van der Waals surface area contributed by atoms with Crippen LogP contribution in [0, 0.1) is 0 Å². The van der Waals surface area contributed by atoms with Crippen molar-refractivity contribution >= 4 is 5.82 Å². The van der Waals surface area contributed by atoms with Gasteiger partial charge in [-0.25, -0.2) is 9.97 Å². The summed E-state index contributed by atoms with van der Waals surface area (Å²) < 4.78 is 6.95. The number of aliphatic hydroxyl groups is 1. The molecular formula is C13H19N5O2. The van der Waals surface area contributed by atoms with E-state index in [2.05, 4.69) is 20.4 Å². The molecule has 0 bridgehead atoms. The molecule has 0 aliphatic carbocycles. The lowest BCUT2D eigenvalue weighted by molar-refractivity contribution is 0.0713. The maximum absolute atomic E-state index is 10.4. The second-order valence-corrected chi connectivity index (χ2v) is 4.70. The highest BCUT2D eigenvalue weighted by molar-refractivity contribution is 5.38. The van der Waals surface area contributed by atoms with Crippen LogP contribution in [0.15, 0.2) is 24.8 Å². The average Bonchev–Trinajstić information content (AvgIpc) is 2.85. The molecule has 1 atom stereocenters. The van der Waals surface area contributed by atoms with Crippen LogP contribution in [0.1, 0.15) is 19.4 Å². The second kappa shape index (κ2) is 5.87. The molecular weight excluding hydrogens is 258 g/mol. The Balaban J connectivity index is 2.02. The largest absolute Gasteiger partial charge is 0.478 e. The van der Waals surface area contributed by atoms with Gasteiger partial charge in [-0.1, -0.05) is 0 Å². The number of nitrogens with zero attached hydrogens (tertiary/aromatic N) is 4. The third-order valence-corrected chi connectivity index (χ3v) is 2.87. The lowest BCUT2D eigenvalue weighted by Crippen LogP contribution is -2.30. The van der Waals surface area contributed by atoms with Crippen LogP contribution in [0.3, 0.4) is 0 Å². The first kappa shape index (κ1) is 14.3. The molecule has 7 heteroatoms.